The van der Waals surface area contributed by atoms with E-state index in [0.29, 0.717) is 6.54 Å². The molecule has 0 spiro atoms. The lowest BCUT2D eigenvalue weighted by molar-refractivity contribution is -0.121. The molecule has 0 unspecified atom stereocenters. The number of nitrogens with two attached hydrogens (primary N) is 1. The van der Waals surface area contributed by atoms with Crippen molar-refractivity contribution in [3.05, 3.63) is 23.8 Å². The normalized spacial score (nSPS) is 14.5. The second-order valence-electron chi connectivity index (χ2n) is 4.30. The summed E-state index contributed by atoms with van der Waals surface area (Å²) >= 11 is 0. The Balaban J connectivity index is 2.18. The molecule has 4 heteroatoms. The number of carbonyl (C=O) groups is 1. The van der Waals surface area contributed by atoms with Crippen molar-refractivity contribution in [2.75, 3.05) is 24.6 Å². The van der Waals surface area contributed by atoms with Crippen LogP contribution in [0.4, 0.5) is 5.69 Å². The van der Waals surface area contributed by atoms with Crippen LogP contribution in [0.5, 0.6) is 5.75 Å². The highest BCUT2D eigenvalue weighted by molar-refractivity contribution is 5.97. The number of carbonyl (C=O) groups excluding carboxylic acids is 1. The minimum absolute atomic E-state index is 0.0263. The predicted molar refractivity (Wildman–Crippen MR) is 67.3 cm³/mol. The van der Waals surface area contributed by atoms with Gasteiger partial charge in [-0.2, -0.15) is 0 Å². The summed E-state index contributed by atoms with van der Waals surface area (Å²) in [5.41, 5.74) is 7.48. The van der Waals surface area contributed by atoms with Crippen LogP contribution >= 0.6 is 0 Å². The van der Waals surface area contributed by atoms with Crippen molar-refractivity contribution in [2.45, 2.75) is 19.8 Å². The van der Waals surface area contributed by atoms with Gasteiger partial charge in [0.2, 0.25) is 0 Å². The number of anilines is 1. The Morgan fingerprint density at radius 2 is 2.24 bits per heavy atom. The fourth-order valence-electron chi connectivity index (χ4n) is 1.97. The topological polar surface area (TPSA) is 55.6 Å². The standard InChI is InChI=1S/C13H18N2O2/c1-10-4-5-11-12(8-10)17-9-13(16)15(11)7-3-2-6-14/h4-5,8H,2-3,6-7,9,14H2,1H3. The number of hydrogen-bond acceptors (Lipinski definition) is 3. The van der Waals surface area contributed by atoms with Crippen LogP contribution in [-0.4, -0.2) is 25.6 Å². The van der Waals surface area contributed by atoms with Crippen LogP contribution in [-0.2, 0) is 4.79 Å². The molecule has 1 amide bonds. The Labute approximate surface area is 101 Å². The monoisotopic (exact) mass is 234 g/mol. The third kappa shape index (κ3) is 2.58. The summed E-state index contributed by atoms with van der Waals surface area (Å²) in [6.07, 6.45) is 1.86. The van der Waals surface area contributed by atoms with Crippen LogP contribution in [0.1, 0.15) is 18.4 Å². The van der Waals surface area contributed by atoms with Crippen molar-refractivity contribution >= 4 is 11.6 Å². The van der Waals surface area contributed by atoms with E-state index in [0.717, 1.165) is 36.4 Å². The molecule has 1 aromatic rings. The van der Waals surface area contributed by atoms with Crippen LogP contribution in [0.25, 0.3) is 0 Å². The lowest BCUT2D eigenvalue weighted by atomic mass is 10.1. The molecular weight excluding hydrogens is 216 g/mol. The van der Waals surface area contributed by atoms with Gasteiger partial charge in [-0.25, -0.2) is 0 Å². The average Bonchev–Trinajstić information content (AvgIpc) is 2.32. The van der Waals surface area contributed by atoms with Gasteiger partial charge in [-0.05, 0) is 44.0 Å². The van der Waals surface area contributed by atoms with Crippen LogP contribution in [0.2, 0.25) is 0 Å². The lowest BCUT2D eigenvalue weighted by Crippen LogP contribution is -2.39. The highest BCUT2D eigenvalue weighted by atomic mass is 16.5. The first-order valence-corrected chi connectivity index (χ1v) is 5.96. The molecular formula is C13H18N2O2. The number of amides is 1. The minimum Gasteiger partial charge on any atom is -0.482 e. The smallest absolute Gasteiger partial charge is 0.265 e. The van der Waals surface area contributed by atoms with Gasteiger partial charge in [-0.1, -0.05) is 6.07 Å². The zero-order chi connectivity index (χ0) is 12.3. The maximum absolute atomic E-state index is 11.8. The van der Waals surface area contributed by atoms with E-state index in [2.05, 4.69) is 0 Å². The van der Waals surface area contributed by atoms with E-state index in [1.165, 1.54) is 0 Å². The van der Waals surface area contributed by atoms with Crippen LogP contribution in [0.3, 0.4) is 0 Å². The SMILES string of the molecule is Cc1ccc2c(c1)OCC(=O)N2CCCCN. The number of nitrogens with zero attached hydrogens (tertiary/aromatic N) is 1. The molecule has 0 fully saturated rings. The van der Waals surface area contributed by atoms with E-state index in [1.54, 1.807) is 4.90 Å². The van der Waals surface area contributed by atoms with Crippen molar-refractivity contribution in [1.82, 2.24) is 0 Å². The lowest BCUT2D eigenvalue weighted by Gasteiger charge is -2.29. The van der Waals surface area contributed by atoms with Crippen LogP contribution in [0.15, 0.2) is 18.2 Å². The molecule has 0 atom stereocenters. The summed E-state index contributed by atoms with van der Waals surface area (Å²) in [6, 6.07) is 5.92. The molecule has 2 rings (SSSR count). The van der Waals surface area contributed by atoms with Crippen molar-refractivity contribution in [1.29, 1.82) is 0 Å². The van der Waals surface area contributed by atoms with Gasteiger partial charge in [-0.15, -0.1) is 0 Å². The molecule has 0 saturated heterocycles. The highest BCUT2D eigenvalue weighted by Gasteiger charge is 2.24. The first kappa shape index (κ1) is 11.9. The first-order valence-electron chi connectivity index (χ1n) is 5.96. The molecule has 17 heavy (non-hydrogen) atoms. The second-order valence-corrected chi connectivity index (χ2v) is 4.30. The maximum Gasteiger partial charge on any atom is 0.265 e. The second kappa shape index (κ2) is 5.19. The molecule has 1 aliphatic rings. The van der Waals surface area contributed by atoms with Gasteiger partial charge in [0, 0.05) is 6.54 Å². The molecule has 0 aromatic heterocycles. The van der Waals surface area contributed by atoms with E-state index >= 15 is 0 Å². The number of unbranched alkanes of at least 4 members (excludes halogenated alkanes) is 1. The largest absolute Gasteiger partial charge is 0.482 e. The zero-order valence-corrected chi connectivity index (χ0v) is 10.1. The predicted octanol–water partition coefficient (Wildman–Crippen LogP) is 1.46. The van der Waals surface area contributed by atoms with E-state index in [-0.39, 0.29) is 12.5 Å². The van der Waals surface area contributed by atoms with Crippen molar-refractivity contribution in [2.24, 2.45) is 5.73 Å². The molecule has 0 aliphatic carbocycles. The number of hydrogen-bond donors (Lipinski definition) is 1. The van der Waals surface area contributed by atoms with Crippen LogP contribution in [0, 0.1) is 6.92 Å². The van der Waals surface area contributed by atoms with Gasteiger partial charge in [-0.3, -0.25) is 4.79 Å². The van der Waals surface area contributed by atoms with E-state index < -0.39 is 0 Å². The summed E-state index contributed by atoms with van der Waals surface area (Å²) < 4.78 is 5.44. The number of rotatable bonds is 4. The average molecular weight is 234 g/mol. The Bertz CT molecular complexity index is 418. The molecule has 0 saturated carbocycles. The van der Waals surface area contributed by atoms with E-state index in [1.807, 2.05) is 25.1 Å². The van der Waals surface area contributed by atoms with Crippen molar-refractivity contribution in [3.8, 4) is 5.75 Å². The molecule has 0 bridgehead atoms. The number of ether oxygens (including phenoxy) is 1. The Hall–Kier alpha value is -1.55. The molecule has 4 nitrogen and oxygen atoms in total. The molecule has 1 aromatic carbocycles. The van der Waals surface area contributed by atoms with Crippen molar-refractivity contribution < 1.29 is 9.53 Å². The fourth-order valence-corrected chi connectivity index (χ4v) is 1.97. The number of benzene rings is 1. The summed E-state index contributed by atoms with van der Waals surface area (Å²) in [5, 5.41) is 0. The fraction of sp³-hybridized carbons (Fsp3) is 0.462. The van der Waals surface area contributed by atoms with Gasteiger partial charge in [0.25, 0.3) is 5.91 Å². The molecule has 1 aliphatic heterocycles. The van der Waals surface area contributed by atoms with Gasteiger partial charge in [0.1, 0.15) is 5.75 Å². The summed E-state index contributed by atoms with van der Waals surface area (Å²) in [6.45, 7) is 3.53. The maximum atomic E-state index is 11.8. The van der Waals surface area contributed by atoms with Gasteiger partial charge in [0.15, 0.2) is 6.61 Å². The molecule has 92 valence electrons. The Morgan fingerprint density at radius 3 is 3.00 bits per heavy atom. The summed E-state index contributed by atoms with van der Waals surface area (Å²) in [4.78, 5) is 13.6. The molecule has 2 N–H and O–H groups in total. The van der Waals surface area contributed by atoms with Crippen molar-refractivity contribution in [3.63, 3.8) is 0 Å². The number of aryl methyl sites for hydroxylation is 1. The Morgan fingerprint density at radius 1 is 1.41 bits per heavy atom. The zero-order valence-electron chi connectivity index (χ0n) is 10.1. The van der Waals surface area contributed by atoms with E-state index in [4.69, 9.17) is 10.5 Å². The van der Waals surface area contributed by atoms with Crippen LogP contribution < -0.4 is 15.4 Å². The van der Waals surface area contributed by atoms with E-state index in [9.17, 15) is 4.79 Å². The summed E-state index contributed by atoms with van der Waals surface area (Å²) in [5.74, 6) is 0.829. The van der Waals surface area contributed by atoms with Gasteiger partial charge in [0.05, 0.1) is 5.69 Å². The molecule has 1 heterocycles. The Kier molecular flexibility index (Phi) is 3.64. The minimum atomic E-state index is 0.0263. The molecule has 0 radical (unpaired) electrons. The highest BCUT2D eigenvalue weighted by Crippen LogP contribution is 2.32. The third-order valence-corrected chi connectivity index (χ3v) is 2.89. The van der Waals surface area contributed by atoms with Gasteiger partial charge < -0.3 is 15.4 Å². The number of fused-ring (bicyclic) bond motifs is 1. The summed E-state index contributed by atoms with van der Waals surface area (Å²) in [7, 11) is 0. The first-order chi connectivity index (χ1) is 8.22. The third-order valence-electron chi connectivity index (χ3n) is 2.89. The quantitative estimate of drug-likeness (QED) is 0.802. The van der Waals surface area contributed by atoms with Gasteiger partial charge >= 0.3 is 0 Å².